The molecule has 0 atom stereocenters. The molecule has 2 heterocycles. The van der Waals surface area contributed by atoms with Crippen molar-refractivity contribution in [1.29, 1.82) is 0 Å². The molecule has 1 aliphatic carbocycles. The van der Waals surface area contributed by atoms with E-state index < -0.39 is 5.97 Å². The topological polar surface area (TPSA) is 85.5 Å². The predicted molar refractivity (Wildman–Crippen MR) is 61.9 cm³/mol. The molecule has 1 fully saturated rings. The molecule has 0 aliphatic heterocycles. The Bertz CT molecular complexity index is 573. The lowest BCUT2D eigenvalue weighted by Crippen LogP contribution is -2.00. The lowest BCUT2D eigenvalue weighted by Gasteiger charge is -2.00. The molecule has 1 aliphatic rings. The highest BCUT2D eigenvalue weighted by molar-refractivity contribution is 7.12. The molecule has 0 spiro atoms. The Labute approximate surface area is 106 Å². The van der Waals surface area contributed by atoms with Crippen LogP contribution in [-0.4, -0.2) is 21.2 Å². The van der Waals surface area contributed by atoms with Crippen molar-refractivity contribution in [2.75, 3.05) is 0 Å². The Morgan fingerprint density at radius 2 is 2.44 bits per heavy atom. The summed E-state index contributed by atoms with van der Waals surface area (Å²) in [5.41, 5.74) is 0. The van der Waals surface area contributed by atoms with Crippen LogP contribution in [0.4, 0.5) is 0 Å². The van der Waals surface area contributed by atoms with Crippen LogP contribution in [0.2, 0.25) is 0 Å². The number of carboxylic acids is 1. The number of aromatic nitrogens is 2. The Kier molecular flexibility index (Phi) is 2.75. The van der Waals surface area contributed by atoms with E-state index in [0.29, 0.717) is 17.6 Å². The highest BCUT2D eigenvalue weighted by Crippen LogP contribution is 2.38. The smallest absolute Gasteiger partial charge is 0.349 e. The molecule has 0 aromatic carbocycles. The van der Waals surface area contributed by atoms with Crippen LogP contribution in [0.1, 0.15) is 40.1 Å². The van der Waals surface area contributed by atoms with Gasteiger partial charge in [-0.1, -0.05) is 5.16 Å². The van der Waals surface area contributed by atoms with Gasteiger partial charge in [0.05, 0.1) is 0 Å². The van der Waals surface area contributed by atoms with E-state index in [-0.39, 0.29) is 11.5 Å². The second kappa shape index (κ2) is 4.41. The second-order valence-electron chi connectivity index (χ2n) is 4.03. The summed E-state index contributed by atoms with van der Waals surface area (Å²) in [4.78, 5) is 15.3. The third kappa shape index (κ3) is 2.21. The summed E-state index contributed by atoms with van der Waals surface area (Å²) in [6, 6.07) is 1.62. The molecule has 0 bridgehead atoms. The second-order valence-corrected chi connectivity index (χ2v) is 4.94. The number of nitrogens with zero attached hydrogens (tertiary/aromatic N) is 2. The quantitative estimate of drug-likeness (QED) is 0.893. The lowest BCUT2D eigenvalue weighted by molar-refractivity contribution is 0.0697. The monoisotopic (exact) mass is 266 g/mol. The Morgan fingerprint density at radius 3 is 3.17 bits per heavy atom. The minimum atomic E-state index is -0.996. The number of aromatic carboxylic acids is 1. The number of rotatable bonds is 5. The van der Waals surface area contributed by atoms with Crippen molar-refractivity contribution in [3.8, 4) is 5.75 Å². The molecule has 2 aromatic heterocycles. The van der Waals surface area contributed by atoms with Crippen molar-refractivity contribution in [2.45, 2.75) is 25.4 Å². The summed E-state index contributed by atoms with van der Waals surface area (Å²) < 4.78 is 10.4. The maximum atomic E-state index is 10.9. The van der Waals surface area contributed by atoms with Crippen molar-refractivity contribution in [3.05, 3.63) is 28.0 Å². The van der Waals surface area contributed by atoms with Gasteiger partial charge < -0.3 is 14.4 Å². The van der Waals surface area contributed by atoms with Crippen LogP contribution in [0, 0.1) is 0 Å². The molecule has 94 valence electrons. The van der Waals surface area contributed by atoms with Gasteiger partial charge in [0.1, 0.15) is 5.75 Å². The van der Waals surface area contributed by atoms with Gasteiger partial charge in [-0.25, -0.2) is 4.79 Å². The van der Waals surface area contributed by atoms with Crippen molar-refractivity contribution >= 4 is 17.3 Å². The van der Waals surface area contributed by atoms with Crippen LogP contribution < -0.4 is 4.74 Å². The van der Waals surface area contributed by atoms with Gasteiger partial charge in [-0.2, -0.15) is 4.98 Å². The number of hydrogen-bond acceptors (Lipinski definition) is 6. The van der Waals surface area contributed by atoms with Gasteiger partial charge >= 0.3 is 5.97 Å². The molecule has 0 saturated heterocycles. The molecule has 1 saturated carbocycles. The van der Waals surface area contributed by atoms with Crippen LogP contribution in [0.15, 0.2) is 16.0 Å². The van der Waals surface area contributed by atoms with Gasteiger partial charge in [0.25, 0.3) is 5.89 Å². The first-order valence-corrected chi connectivity index (χ1v) is 6.38. The summed E-state index contributed by atoms with van der Waals surface area (Å²) in [6.45, 7) is 0.0940. The van der Waals surface area contributed by atoms with Crippen molar-refractivity contribution in [2.24, 2.45) is 0 Å². The largest absolute Gasteiger partial charge is 0.482 e. The van der Waals surface area contributed by atoms with E-state index in [1.54, 1.807) is 11.4 Å². The Hall–Kier alpha value is -1.89. The average molecular weight is 266 g/mol. The van der Waals surface area contributed by atoms with Gasteiger partial charge in [0, 0.05) is 5.92 Å². The fourth-order valence-corrected chi connectivity index (χ4v) is 2.21. The molecule has 18 heavy (non-hydrogen) atoms. The summed E-state index contributed by atoms with van der Waals surface area (Å²) in [7, 11) is 0. The van der Waals surface area contributed by atoms with Gasteiger partial charge in [-0.05, 0) is 24.3 Å². The first-order chi connectivity index (χ1) is 8.74. The van der Waals surface area contributed by atoms with E-state index in [9.17, 15) is 4.79 Å². The SMILES string of the molecule is O=C(O)c1sccc1OCc1nc(C2CC2)no1. The standard InChI is InChI=1S/C11H10N2O4S/c14-11(15)9-7(3-4-18-9)16-5-8-12-10(13-17-8)6-1-2-6/h3-4,6H,1-2,5H2,(H,14,15). The fourth-order valence-electron chi connectivity index (χ4n) is 1.54. The van der Waals surface area contributed by atoms with E-state index in [4.69, 9.17) is 14.4 Å². The maximum Gasteiger partial charge on any atom is 0.349 e. The normalized spacial score (nSPS) is 14.7. The van der Waals surface area contributed by atoms with Gasteiger partial charge in [0.15, 0.2) is 17.3 Å². The van der Waals surface area contributed by atoms with Gasteiger partial charge in [-0.3, -0.25) is 0 Å². The van der Waals surface area contributed by atoms with Gasteiger partial charge in [0.2, 0.25) is 0 Å². The number of carbonyl (C=O) groups is 1. The van der Waals surface area contributed by atoms with Crippen molar-refractivity contribution in [3.63, 3.8) is 0 Å². The number of carboxylic acid groups (broad SMARTS) is 1. The van der Waals surface area contributed by atoms with Crippen LogP contribution in [0.5, 0.6) is 5.75 Å². The fraction of sp³-hybridized carbons (Fsp3) is 0.364. The third-order valence-corrected chi connectivity index (χ3v) is 3.48. The predicted octanol–water partition coefficient (Wildman–Crippen LogP) is 2.29. The van der Waals surface area contributed by atoms with E-state index >= 15 is 0 Å². The molecule has 7 heteroatoms. The zero-order valence-corrected chi connectivity index (χ0v) is 10.1. The molecule has 0 unspecified atom stereocenters. The van der Waals surface area contributed by atoms with E-state index in [0.717, 1.165) is 30.0 Å². The van der Waals surface area contributed by atoms with Crippen molar-refractivity contribution in [1.82, 2.24) is 10.1 Å². The maximum absolute atomic E-state index is 10.9. The average Bonchev–Trinajstić information content (AvgIpc) is 2.92. The first kappa shape index (κ1) is 11.2. The first-order valence-electron chi connectivity index (χ1n) is 5.50. The summed E-state index contributed by atoms with van der Waals surface area (Å²) in [6.07, 6.45) is 2.21. The minimum absolute atomic E-state index is 0.0940. The number of ether oxygens (including phenoxy) is 1. The number of thiophene rings is 1. The van der Waals surface area contributed by atoms with Crippen LogP contribution in [0.3, 0.4) is 0 Å². The molecular formula is C11H10N2O4S. The lowest BCUT2D eigenvalue weighted by atomic mass is 10.4. The zero-order valence-electron chi connectivity index (χ0n) is 9.33. The highest BCUT2D eigenvalue weighted by Gasteiger charge is 2.28. The molecule has 0 radical (unpaired) electrons. The Balaban J connectivity index is 1.65. The number of hydrogen-bond donors (Lipinski definition) is 1. The van der Waals surface area contributed by atoms with Crippen LogP contribution >= 0.6 is 11.3 Å². The molecule has 2 aromatic rings. The summed E-state index contributed by atoms with van der Waals surface area (Å²) in [5, 5.41) is 14.4. The molecule has 3 rings (SSSR count). The third-order valence-electron chi connectivity index (χ3n) is 2.60. The summed E-state index contributed by atoms with van der Waals surface area (Å²) in [5.74, 6) is 0.859. The summed E-state index contributed by atoms with van der Waals surface area (Å²) >= 11 is 1.12. The van der Waals surface area contributed by atoms with Gasteiger partial charge in [-0.15, -0.1) is 11.3 Å². The molecule has 6 nitrogen and oxygen atoms in total. The van der Waals surface area contributed by atoms with Crippen LogP contribution in [-0.2, 0) is 6.61 Å². The highest BCUT2D eigenvalue weighted by atomic mass is 32.1. The Morgan fingerprint density at radius 1 is 1.61 bits per heavy atom. The van der Waals surface area contributed by atoms with Crippen molar-refractivity contribution < 1.29 is 19.2 Å². The molecule has 0 amide bonds. The van der Waals surface area contributed by atoms with E-state index in [1.165, 1.54) is 0 Å². The molecule has 1 N–H and O–H groups in total. The minimum Gasteiger partial charge on any atom is -0.482 e. The molecular weight excluding hydrogens is 256 g/mol. The van der Waals surface area contributed by atoms with Crippen LogP contribution in [0.25, 0.3) is 0 Å². The van der Waals surface area contributed by atoms with E-state index in [1.807, 2.05) is 0 Å². The van der Waals surface area contributed by atoms with E-state index in [2.05, 4.69) is 10.1 Å². The zero-order chi connectivity index (χ0) is 12.5.